The molecule has 0 aliphatic carbocycles. The third-order valence-corrected chi connectivity index (χ3v) is 2.28. The Hall–Kier alpha value is -2.16. The Morgan fingerprint density at radius 2 is 1.65 bits per heavy atom. The average molecular weight is 260 g/mol. The van der Waals surface area contributed by atoms with E-state index in [1.807, 2.05) is 0 Å². The number of carboxylic acid groups (broad SMARTS) is 2. The van der Waals surface area contributed by atoms with Crippen molar-refractivity contribution in [3.8, 4) is 5.88 Å². The number of aromatic hydroxyl groups is 1. The molecule has 0 spiro atoms. The summed E-state index contributed by atoms with van der Waals surface area (Å²) in [5, 5.41) is 26.5. The van der Waals surface area contributed by atoms with Gasteiger partial charge in [0.25, 0.3) is 5.56 Å². The van der Waals surface area contributed by atoms with Gasteiger partial charge in [-0.3, -0.25) is 23.5 Å². The maximum atomic E-state index is 11.3. The summed E-state index contributed by atoms with van der Waals surface area (Å²) >= 11 is 4.74. The molecule has 1 aromatic rings. The predicted octanol–water partition coefficient (Wildman–Crippen LogP) is -0.746. The van der Waals surface area contributed by atoms with Gasteiger partial charge in [-0.25, -0.2) is 0 Å². The second kappa shape index (κ2) is 4.78. The second-order valence-corrected chi connectivity index (χ2v) is 3.45. The minimum atomic E-state index is -1.30. The average Bonchev–Trinajstić information content (AvgIpc) is 2.18. The topological polar surface area (TPSA) is 122 Å². The molecule has 0 amide bonds. The van der Waals surface area contributed by atoms with Crippen molar-refractivity contribution in [3.05, 3.63) is 21.2 Å². The highest BCUT2D eigenvalue weighted by Crippen LogP contribution is 2.06. The molecule has 17 heavy (non-hydrogen) atoms. The van der Waals surface area contributed by atoms with Gasteiger partial charge in [0.05, 0.1) is 6.07 Å². The molecule has 8 nitrogen and oxygen atoms in total. The van der Waals surface area contributed by atoms with Gasteiger partial charge in [-0.2, -0.15) is 0 Å². The SMILES string of the molecule is O=C(O)Cn1c(O)cc(=O)n(CC(=O)O)c1=S. The lowest BCUT2D eigenvalue weighted by Gasteiger charge is -2.10. The fourth-order valence-corrected chi connectivity index (χ4v) is 1.48. The normalized spacial score (nSPS) is 10.1. The van der Waals surface area contributed by atoms with Crippen LogP contribution in [0, 0.1) is 4.77 Å². The Labute approximate surface area is 99.0 Å². The zero-order chi connectivity index (χ0) is 13.2. The van der Waals surface area contributed by atoms with Gasteiger partial charge in [0.15, 0.2) is 10.7 Å². The molecular formula is C8H8N2O6S. The van der Waals surface area contributed by atoms with Crippen molar-refractivity contribution >= 4 is 24.2 Å². The molecule has 0 bridgehead atoms. The van der Waals surface area contributed by atoms with Crippen LogP contribution in [0.5, 0.6) is 5.88 Å². The molecule has 0 saturated carbocycles. The van der Waals surface area contributed by atoms with E-state index in [9.17, 15) is 19.5 Å². The first kappa shape index (κ1) is 12.9. The Bertz CT molecular complexity index is 587. The molecule has 0 radical (unpaired) electrons. The monoisotopic (exact) mass is 260 g/mol. The van der Waals surface area contributed by atoms with Gasteiger partial charge in [0.2, 0.25) is 0 Å². The Balaban J connectivity index is 3.43. The third-order valence-electron chi connectivity index (χ3n) is 1.84. The van der Waals surface area contributed by atoms with Crippen LogP contribution in [0.1, 0.15) is 0 Å². The van der Waals surface area contributed by atoms with Gasteiger partial charge in [-0.15, -0.1) is 0 Å². The largest absolute Gasteiger partial charge is 0.494 e. The fourth-order valence-electron chi connectivity index (χ4n) is 1.17. The summed E-state index contributed by atoms with van der Waals surface area (Å²) in [7, 11) is 0. The highest BCUT2D eigenvalue weighted by atomic mass is 32.1. The summed E-state index contributed by atoms with van der Waals surface area (Å²) in [6.45, 7) is -1.36. The van der Waals surface area contributed by atoms with E-state index in [1.54, 1.807) is 0 Å². The summed E-state index contributed by atoms with van der Waals surface area (Å²) in [4.78, 5) is 32.4. The molecule has 0 aromatic carbocycles. The van der Waals surface area contributed by atoms with Crippen LogP contribution in [0.3, 0.4) is 0 Å². The molecule has 0 saturated heterocycles. The number of hydrogen-bond acceptors (Lipinski definition) is 5. The van der Waals surface area contributed by atoms with Crippen LogP contribution in [-0.2, 0) is 22.7 Å². The number of nitrogens with zero attached hydrogens (tertiary/aromatic N) is 2. The molecule has 9 heteroatoms. The van der Waals surface area contributed by atoms with Crippen molar-refractivity contribution < 1.29 is 24.9 Å². The Morgan fingerprint density at radius 3 is 2.12 bits per heavy atom. The van der Waals surface area contributed by atoms with Crippen molar-refractivity contribution in [2.75, 3.05) is 0 Å². The fraction of sp³-hybridized carbons (Fsp3) is 0.250. The third kappa shape index (κ3) is 2.91. The summed E-state index contributed by atoms with van der Waals surface area (Å²) < 4.78 is 1.07. The molecule has 1 heterocycles. The predicted molar refractivity (Wildman–Crippen MR) is 56.5 cm³/mol. The van der Waals surface area contributed by atoms with Crippen molar-refractivity contribution in [3.63, 3.8) is 0 Å². The van der Waals surface area contributed by atoms with Gasteiger partial charge in [-0.1, -0.05) is 0 Å². The molecule has 1 aromatic heterocycles. The van der Waals surface area contributed by atoms with E-state index < -0.39 is 36.5 Å². The molecule has 92 valence electrons. The van der Waals surface area contributed by atoms with Gasteiger partial charge >= 0.3 is 11.9 Å². The summed E-state index contributed by atoms with van der Waals surface area (Å²) in [6.07, 6.45) is 0. The second-order valence-electron chi connectivity index (χ2n) is 3.08. The first-order chi connectivity index (χ1) is 7.82. The summed E-state index contributed by atoms with van der Waals surface area (Å²) in [5.74, 6) is -3.20. The highest BCUT2D eigenvalue weighted by molar-refractivity contribution is 7.71. The van der Waals surface area contributed by atoms with Crippen LogP contribution in [0.4, 0.5) is 0 Å². The molecule has 1 rings (SSSR count). The van der Waals surface area contributed by atoms with Crippen LogP contribution < -0.4 is 5.56 Å². The van der Waals surface area contributed by atoms with Gasteiger partial charge in [-0.05, 0) is 12.2 Å². The first-order valence-electron chi connectivity index (χ1n) is 4.30. The highest BCUT2D eigenvalue weighted by Gasteiger charge is 2.12. The van der Waals surface area contributed by atoms with E-state index >= 15 is 0 Å². The molecule has 0 aliphatic heterocycles. The van der Waals surface area contributed by atoms with E-state index in [1.165, 1.54) is 0 Å². The molecule has 3 N–H and O–H groups in total. The van der Waals surface area contributed by atoms with Crippen molar-refractivity contribution in [1.29, 1.82) is 0 Å². The lowest BCUT2D eigenvalue weighted by Crippen LogP contribution is -2.28. The van der Waals surface area contributed by atoms with Crippen molar-refractivity contribution in [2.24, 2.45) is 0 Å². The van der Waals surface area contributed by atoms with E-state index in [-0.39, 0.29) is 4.77 Å². The zero-order valence-corrected chi connectivity index (χ0v) is 9.18. The molecule has 0 atom stereocenters. The molecule has 0 aliphatic rings. The lowest BCUT2D eigenvalue weighted by atomic mass is 10.5. The Kier molecular flexibility index (Phi) is 3.63. The molecule has 0 fully saturated rings. The van der Waals surface area contributed by atoms with Crippen molar-refractivity contribution in [1.82, 2.24) is 9.13 Å². The van der Waals surface area contributed by atoms with Crippen LogP contribution in [0.2, 0.25) is 0 Å². The quantitative estimate of drug-likeness (QED) is 0.609. The molecule has 0 unspecified atom stereocenters. The molecular weight excluding hydrogens is 252 g/mol. The van der Waals surface area contributed by atoms with E-state index in [2.05, 4.69) is 0 Å². The maximum absolute atomic E-state index is 11.3. The smallest absolute Gasteiger partial charge is 0.323 e. The number of hydrogen-bond donors (Lipinski definition) is 3. The zero-order valence-electron chi connectivity index (χ0n) is 8.36. The number of carbonyl (C=O) groups is 2. The van der Waals surface area contributed by atoms with Crippen LogP contribution in [0.25, 0.3) is 0 Å². The van der Waals surface area contributed by atoms with E-state index in [0.717, 1.165) is 4.57 Å². The Morgan fingerprint density at radius 1 is 1.18 bits per heavy atom. The van der Waals surface area contributed by atoms with Crippen LogP contribution in [0.15, 0.2) is 10.9 Å². The number of rotatable bonds is 4. The number of aliphatic carboxylic acids is 2. The first-order valence-corrected chi connectivity index (χ1v) is 4.71. The van der Waals surface area contributed by atoms with Crippen LogP contribution >= 0.6 is 12.2 Å². The van der Waals surface area contributed by atoms with Gasteiger partial charge < -0.3 is 15.3 Å². The maximum Gasteiger partial charge on any atom is 0.323 e. The van der Waals surface area contributed by atoms with E-state index in [4.69, 9.17) is 22.4 Å². The van der Waals surface area contributed by atoms with E-state index in [0.29, 0.717) is 10.6 Å². The minimum absolute atomic E-state index is 0.361. The van der Waals surface area contributed by atoms with Gasteiger partial charge in [0, 0.05) is 0 Å². The lowest BCUT2D eigenvalue weighted by molar-refractivity contribution is -0.138. The summed E-state index contributed by atoms with van der Waals surface area (Å²) in [5.41, 5.74) is -0.809. The van der Waals surface area contributed by atoms with Crippen molar-refractivity contribution in [2.45, 2.75) is 13.1 Å². The standard InChI is InChI=1S/C8H8N2O6S/c11-4-1-5(12)10(3-7(15)16)8(17)9(4)2-6(13)14/h1,11H,2-3H2,(H,13,14)(H,15,16). The minimum Gasteiger partial charge on any atom is -0.494 e. The summed E-state index contributed by atoms with van der Waals surface area (Å²) in [6, 6.07) is 0.710. The number of carboxylic acids is 2. The number of aromatic nitrogens is 2. The van der Waals surface area contributed by atoms with Gasteiger partial charge in [0.1, 0.15) is 13.1 Å². The van der Waals surface area contributed by atoms with Crippen LogP contribution in [-0.4, -0.2) is 36.4 Å².